The Balaban J connectivity index is 2.34. The molecule has 1 aliphatic heterocycles. The molecule has 0 aromatic carbocycles. The Morgan fingerprint density at radius 3 is 2.93 bits per heavy atom. The molecule has 1 fully saturated rings. The number of hydrogen-bond acceptors (Lipinski definition) is 4. The maximum Gasteiger partial charge on any atom is 0.249 e. The third-order valence-electron chi connectivity index (χ3n) is 2.11. The molecule has 1 heterocycles. The van der Waals surface area contributed by atoms with E-state index < -0.39 is 11.9 Å². The van der Waals surface area contributed by atoms with E-state index in [1.807, 2.05) is 0 Å². The van der Waals surface area contributed by atoms with Gasteiger partial charge in [-0.1, -0.05) is 0 Å². The summed E-state index contributed by atoms with van der Waals surface area (Å²) in [5.41, 5.74) is 0. The van der Waals surface area contributed by atoms with Crippen LogP contribution in [-0.2, 0) is 19.1 Å². The number of methoxy groups -OCH3 is 1. The van der Waals surface area contributed by atoms with Crippen LogP contribution in [0.4, 0.5) is 0 Å². The minimum absolute atomic E-state index is 0.216. The second kappa shape index (κ2) is 5.45. The third kappa shape index (κ3) is 3.67. The molecule has 84 valence electrons. The first-order valence-corrected chi connectivity index (χ1v) is 4.75. The smallest absolute Gasteiger partial charge is 0.249 e. The van der Waals surface area contributed by atoms with Gasteiger partial charge in [0.15, 0.2) is 0 Å². The van der Waals surface area contributed by atoms with Crippen LogP contribution in [0.3, 0.4) is 0 Å². The van der Waals surface area contributed by atoms with Crippen molar-refractivity contribution in [3.8, 4) is 0 Å². The summed E-state index contributed by atoms with van der Waals surface area (Å²) in [5.74, 6) is -0.967. The fraction of sp³-hybridized carbons (Fsp3) is 0.667. The van der Waals surface area contributed by atoms with Gasteiger partial charge in [0.25, 0.3) is 0 Å². The number of amides is 3. The van der Waals surface area contributed by atoms with Gasteiger partial charge in [0.05, 0.1) is 6.61 Å². The lowest BCUT2D eigenvalue weighted by atomic mass is 10.1. The molecule has 1 saturated heterocycles. The predicted molar refractivity (Wildman–Crippen MR) is 50.8 cm³/mol. The second-order valence-electron chi connectivity index (χ2n) is 3.31. The summed E-state index contributed by atoms with van der Waals surface area (Å²) in [7, 11) is 1.50. The van der Waals surface area contributed by atoms with Gasteiger partial charge in [0.1, 0.15) is 6.04 Å². The summed E-state index contributed by atoms with van der Waals surface area (Å²) in [4.78, 5) is 33.3. The van der Waals surface area contributed by atoms with Crippen LogP contribution in [0.15, 0.2) is 0 Å². The molecule has 0 aromatic heterocycles. The van der Waals surface area contributed by atoms with Gasteiger partial charge in [0, 0.05) is 20.0 Å². The van der Waals surface area contributed by atoms with Gasteiger partial charge >= 0.3 is 0 Å². The maximum absolute atomic E-state index is 11.2. The molecule has 0 bridgehead atoms. The topological polar surface area (TPSA) is 84.5 Å². The largest absolute Gasteiger partial charge is 0.384 e. The number of nitrogens with one attached hydrogen (secondary N) is 2. The van der Waals surface area contributed by atoms with Crippen molar-refractivity contribution in [3.05, 3.63) is 0 Å². The van der Waals surface area contributed by atoms with Gasteiger partial charge in [0.2, 0.25) is 17.7 Å². The monoisotopic (exact) mass is 214 g/mol. The van der Waals surface area contributed by atoms with E-state index in [4.69, 9.17) is 4.74 Å². The third-order valence-corrected chi connectivity index (χ3v) is 2.11. The number of ether oxygens (including phenoxy) is 1. The minimum Gasteiger partial charge on any atom is -0.384 e. The van der Waals surface area contributed by atoms with Gasteiger partial charge < -0.3 is 10.1 Å². The summed E-state index contributed by atoms with van der Waals surface area (Å²) in [6.45, 7) is 0.319. The molecule has 1 atom stereocenters. The van der Waals surface area contributed by atoms with E-state index in [1.54, 1.807) is 0 Å². The van der Waals surface area contributed by atoms with Crippen LogP contribution >= 0.6 is 0 Å². The van der Waals surface area contributed by atoms with Crippen LogP contribution in [0.1, 0.15) is 19.3 Å². The normalized spacial score (nSPS) is 21.0. The van der Waals surface area contributed by atoms with E-state index in [9.17, 15) is 14.4 Å². The Morgan fingerprint density at radius 1 is 1.60 bits per heavy atom. The summed E-state index contributed by atoms with van der Waals surface area (Å²) < 4.78 is 4.73. The Kier molecular flexibility index (Phi) is 4.23. The van der Waals surface area contributed by atoms with Crippen molar-refractivity contribution < 1.29 is 19.1 Å². The highest BCUT2D eigenvalue weighted by Crippen LogP contribution is 2.04. The average Bonchev–Trinajstić information content (AvgIpc) is 2.19. The number of imide groups is 1. The number of hydrogen-bond donors (Lipinski definition) is 2. The van der Waals surface area contributed by atoms with Crippen LogP contribution in [-0.4, -0.2) is 37.5 Å². The van der Waals surface area contributed by atoms with E-state index in [2.05, 4.69) is 10.6 Å². The Morgan fingerprint density at radius 2 is 2.33 bits per heavy atom. The van der Waals surface area contributed by atoms with Crippen molar-refractivity contribution in [1.29, 1.82) is 0 Å². The van der Waals surface area contributed by atoms with Crippen molar-refractivity contribution in [2.75, 3.05) is 13.7 Å². The fourth-order valence-electron chi connectivity index (χ4n) is 1.29. The molecule has 1 rings (SSSR count). The summed E-state index contributed by atoms with van der Waals surface area (Å²) >= 11 is 0. The first kappa shape index (κ1) is 11.6. The highest BCUT2D eigenvalue weighted by atomic mass is 16.5. The van der Waals surface area contributed by atoms with E-state index >= 15 is 0 Å². The Labute approximate surface area is 87.4 Å². The molecule has 15 heavy (non-hydrogen) atoms. The van der Waals surface area contributed by atoms with E-state index in [-0.39, 0.29) is 24.7 Å². The molecule has 0 spiro atoms. The second-order valence-corrected chi connectivity index (χ2v) is 3.31. The van der Waals surface area contributed by atoms with Crippen molar-refractivity contribution in [1.82, 2.24) is 10.6 Å². The fourth-order valence-corrected chi connectivity index (χ4v) is 1.29. The van der Waals surface area contributed by atoms with Crippen molar-refractivity contribution in [2.45, 2.75) is 25.3 Å². The molecular formula is C9H14N2O4. The minimum atomic E-state index is -0.591. The van der Waals surface area contributed by atoms with Gasteiger partial charge in [-0.25, -0.2) is 0 Å². The SMILES string of the molecule is COCCC(=O)NC1CCC(=O)NC1=O. The summed E-state index contributed by atoms with van der Waals surface area (Å²) in [6.07, 6.45) is 0.846. The molecule has 6 heteroatoms. The lowest BCUT2D eigenvalue weighted by Crippen LogP contribution is -2.52. The molecule has 6 nitrogen and oxygen atoms in total. The van der Waals surface area contributed by atoms with Crippen molar-refractivity contribution >= 4 is 17.7 Å². The molecular weight excluding hydrogens is 200 g/mol. The molecule has 1 aliphatic rings. The first-order valence-electron chi connectivity index (χ1n) is 4.75. The lowest BCUT2D eigenvalue weighted by Gasteiger charge is -2.21. The highest BCUT2D eigenvalue weighted by molar-refractivity contribution is 6.01. The van der Waals surface area contributed by atoms with Crippen LogP contribution in [0.2, 0.25) is 0 Å². The lowest BCUT2D eigenvalue weighted by molar-refractivity contribution is -0.137. The van der Waals surface area contributed by atoms with Crippen LogP contribution in [0.25, 0.3) is 0 Å². The van der Waals surface area contributed by atoms with Crippen LogP contribution in [0.5, 0.6) is 0 Å². The van der Waals surface area contributed by atoms with Crippen molar-refractivity contribution in [2.24, 2.45) is 0 Å². The molecule has 2 N–H and O–H groups in total. The molecule has 0 aliphatic carbocycles. The average molecular weight is 214 g/mol. The highest BCUT2D eigenvalue weighted by Gasteiger charge is 2.27. The number of carbonyl (C=O) groups excluding carboxylic acids is 3. The van der Waals surface area contributed by atoms with E-state index in [1.165, 1.54) is 7.11 Å². The van der Waals surface area contributed by atoms with E-state index in [0.717, 1.165) is 0 Å². The molecule has 0 saturated carbocycles. The van der Waals surface area contributed by atoms with Crippen LogP contribution < -0.4 is 10.6 Å². The van der Waals surface area contributed by atoms with Crippen molar-refractivity contribution in [3.63, 3.8) is 0 Å². The predicted octanol–water partition coefficient (Wildman–Crippen LogP) is -1.06. The zero-order valence-electron chi connectivity index (χ0n) is 8.54. The Hall–Kier alpha value is -1.43. The summed E-state index contributed by atoms with van der Waals surface area (Å²) in [5, 5.41) is 4.71. The van der Waals surface area contributed by atoms with Gasteiger partial charge in [-0.05, 0) is 6.42 Å². The first-order chi connectivity index (χ1) is 7.13. The zero-order chi connectivity index (χ0) is 11.3. The Bertz CT molecular complexity index is 277. The molecule has 0 aromatic rings. The summed E-state index contributed by atoms with van der Waals surface area (Å²) in [6, 6.07) is -0.591. The molecule has 0 radical (unpaired) electrons. The van der Waals surface area contributed by atoms with E-state index in [0.29, 0.717) is 13.0 Å². The van der Waals surface area contributed by atoms with Gasteiger partial charge in [-0.2, -0.15) is 0 Å². The van der Waals surface area contributed by atoms with Crippen LogP contribution in [0, 0.1) is 0 Å². The maximum atomic E-state index is 11.2. The molecule has 3 amide bonds. The number of rotatable bonds is 4. The van der Waals surface area contributed by atoms with Gasteiger partial charge in [-0.15, -0.1) is 0 Å². The molecule has 1 unspecified atom stereocenters. The number of carbonyl (C=O) groups is 3. The zero-order valence-corrected chi connectivity index (χ0v) is 8.54. The standard InChI is InChI=1S/C9H14N2O4/c1-15-5-4-8(13)10-6-2-3-7(12)11-9(6)14/h6H,2-5H2,1H3,(H,10,13)(H,11,12,14). The quantitative estimate of drug-likeness (QED) is 0.584. The van der Waals surface area contributed by atoms with Gasteiger partial charge in [-0.3, -0.25) is 19.7 Å². The number of piperidine rings is 1.